The first kappa shape index (κ1) is 14.1. The maximum atomic E-state index is 5.68. The number of pyridine rings is 1. The fourth-order valence-electron chi connectivity index (χ4n) is 2.24. The van der Waals surface area contributed by atoms with Crippen molar-refractivity contribution in [3.8, 4) is 23.1 Å². The van der Waals surface area contributed by atoms with E-state index in [-0.39, 0.29) is 5.95 Å². The molecule has 22 heavy (non-hydrogen) atoms. The number of aromatic amines is 1. The summed E-state index contributed by atoms with van der Waals surface area (Å²) >= 11 is 0. The number of nitrogens with one attached hydrogen (secondary N) is 1. The molecule has 3 heterocycles. The summed E-state index contributed by atoms with van der Waals surface area (Å²) in [4.78, 5) is 15.7. The minimum atomic E-state index is 0.253. The molecule has 0 aliphatic carbocycles. The molecule has 0 fully saturated rings. The number of hydrogen-bond donors (Lipinski definition) is 2. The predicted molar refractivity (Wildman–Crippen MR) is 87.9 cm³/mol. The molecule has 0 aliphatic heterocycles. The van der Waals surface area contributed by atoms with Gasteiger partial charge in [-0.1, -0.05) is 25.7 Å². The van der Waals surface area contributed by atoms with Crippen LogP contribution in [-0.4, -0.2) is 19.9 Å². The molecule has 0 saturated carbocycles. The molecule has 3 rings (SSSR count). The van der Waals surface area contributed by atoms with Crippen molar-refractivity contribution >= 4 is 17.0 Å². The van der Waals surface area contributed by atoms with Crippen LogP contribution in [0.1, 0.15) is 25.8 Å². The van der Waals surface area contributed by atoms with Gasteiger partial charge >= 0.3 is 0 Å². The van der Waals surface area contributed by atoms with E-state index < -0.39 is 0 Å². The highest BCUT2D eigenvalue weighted by molar-refractivity contribution is 5.96. The van der Waals surface area contributed by atoms with Crippen molar-refractivity contribution in [1.82, 2.24) is 19.9 Å². The zero-order valence-corrected chi connectivity index (χ0v) is 12.6. The van der Waals surface area contributed by atoms with Crippen LogP contribution < -0.4 is 5.73 Å². The monoisotopic (exact) mass is 291 g/mol. The number of nitrogens with zero attached hydrogens (tertiary/aromatic N) is 3. The highest BCUT2D eigenvalue weighted by Crippen LogP contribution is 2.28. The van der Waals surface area contributed by atoms with E-state index in [1.54, 1.807) is 12.4 Å². The van der Waals surface area contributed by atoms with Gasteiger partial charge in [0.25, 0.3) is 0 Å². The van der Waals surface area contributed by atoms with Gasteiger partial charge in [0.2, 0.25) is 5.95 Å². The third-order valence-corrected chi connectivity index (χ3v) is 3.26. The molecule has 5 heteroatoms. The Bertz CT molecular complexity index is 867. The summed E-state index contributed by atoms with van der Waals surface area (Å²) in [6.45, 7) is 4.31. The highest BCUT2D eigenvalue weighted by atomic mass is 15.0. The van der Waals surface area contributed by atoms with Crippen LogP contribution in [0.2, 0.25) is 0 Å². The van der Waals surface area contributed by atoms with Gasteiger partial charge in [-0.15, -0.1) is 0 Å². The van der Waals surface area contributed by atoms with Crippen LogP contribution in [0.15, 0.2) is 30.7 Å². The smallest absolute Gasteiger partial charge is 0.220 e. The van der Waals surface area contributed by atoms with Crippen LogP contribution >= 0.6 is 0 Å². The van der Waals surface area contributed by atoms with Crippen molar-refractivity contribution in [1.29, 1.82) is 0 Å². The van der Waals surface area contributed by atoms with E-state index >= 15 is 0 Å². The molecular formula is C17H17N5. The van der Waals surface area contributed by atoms with E-state index in [1.165, 1.54) is 0 Å². The normalized spacial score (nSPS) is 10.7. The lowest BCUT2D eigenvalue weighted by atomic mass is 10.1. The Morgan fingerprint density at radius 3 is 2.82 bits per heavy atom. The quantitative estimate of drug-likeness (QED) is 0.711. The van der Waals surface area contributed by atoms with Crippen LogP contribution in [0.4, 0.5) is 5.95 Å². The Morgan fingerprint density at radius 1 is 1.23 bits per heavy atom. The molecule has 0 bridgehead atoms. The average molecular weight is 291 g/mol. The van der Waals surface area contributed by atoms with Crippen LogP contribution in [0.25, 0.3) is 22.3 Å². The first-order valence-electron chi connectivity index (χ1n) is 7.19. The lowest BCUT2D eigenvalue weighted by Crippen LogP contribution is -1.95. The fourth-order valence-corrected chi connectivity index (χ4v) is 2.24. The molecule has 0 unspecified atom stereocenters. The van der Waals surface area contributed by atoms with Gasteiger partial charge in [0.05, 0.1) is 5.69 Å². The second-order valence-electron chi connectivity index (χ2n) is 5.48. The maximum absolute atomic E-state index is 5.68. The summed E-state index contributed by atoms with van der Waals surface area (Å²) in [6, 6.07) is 3.76. The van der Waals surface area contributed by atoms with Crippen LogP contribution in [0, 0.1) is 17.8 Å². The van der Waals surface area contributed by atoms with Gasteiger partial charge < -0.3 is 10.7 Å². The molecular weight excluding hydrogens is 274 g/mol. The summed E-state index contributed by atoms with van der Waals surface area (Å²) in [7, 11) is 0. The second kappa shape index (κ2) is 5.86. The number of H-pyrrole nitrogens is 1. The Hall–Kier alpha value is -2.87. The fraction of sp³-hybridized carbons (Fsp3) is 0.235. The predicted octanol–water partition coefficient (Wildman–Crippen LogP) is 3.00. The number of anilines is 1. The molecule has 0 atom stereocenters. The zero-order chi connectivity index (χ0) is 15.5. The van der Waals surface area contributed by atoms with E-state index in [0.29, 0.717) is 5.92 Å². The minimum absolute atomic E-state index is 0.253. The van der Waals surface area contributed by atoms with Gasteiger partial charge in [-0.2, -0.15) is 0 Å². The zero-order valence-electron chi connectivity index (χ0n) is 12.6. The van der Waals surface area contributed by atoms with Crippen molar-refractivity contribution in [3.05, 3.63) is 36.3 Å². The summed E-state index contributed by atoms with van der Waals surface area (Å²) in [5, 5.41) is 0.969. The van der Waals surface area contributed by atoms with Crippen molar-refractivity contribution < 1.29 is 0 Å². The number of aromatic nitrogens is 4. The SMILES string of the molecule is CC(C)CC#Cc1ccnc2[nH]cc(-c3ccnc(N)n3)c12. The van der Waals surface area contributed by atoms with Gasteiger partial charge in [-0.25, -0.2) is 15.0 Å². The molecule has 3 aromatic heterocycles. The van der Waals surface area contributed by atoms with E-state index in [1.807, 2.05) is 18.3 Å². The molecule has 3 N–H and O–H groups in total. The van der Waals surface area contributed by atoms with Crippen LogP contribution in [0.5, 0.6) is 0 Å². The van der Waals surface area contributed by atoms with Crippen LogP contribution in [-0.2, 0) is 0 Å². The summed E-state index contributed by atoms with van der Waals surface area (Å²) < 4.78 is 0. The standard InChI is InChI=1S/C17H17N5/c1-11(2)4-3-5-12-6-8-19-16-15(12)13(10-21-16)14-7-9-20-17(18)22-14/h6-11H,4H2,1-2H3,(H,19,21)(H2,18,20,22). The molecule has 0 aromatic carbocycles. The van der Waals surface area contributed by atoms with E-state index in [0.717, 1.165) is 34.3 Å². The molecule has 3 aromatic rings. The van der Waals surface area contributed by atoms with E-state index in [9.17, 15) is 0 Å². The van der Waals surface area contributed by atoms with Gasteiger partial charge in [0, 0.05) is 41.5 Å². The summed E-state index contributed by atoms with van der Waals surface area (Å²) in [6.07, 6.45) is 6.16. The average Bonchev–Trinajstić information content (AvgIpc) is 2.92. The third-order valence-electron chi connectivity index (χ3n) is 3.26. The third kappa shape index (κ3) is 2.77. The number of nitrogen functional groups attached to an aromatic ring is 1. The van der Waals surface area contributed by atoms with E-state index in [4.69, 9.17) is 5.73 Å². The van der Waals surface area contributed by atoms with Crippen molar-refractivity contribution in [2.24, 2.45) is 5.92 Å². The highest BCUT2D eigenvalue weighted by Gasteiger charge is 2.11. The molecule has 0 amide bonds. The van der Waals surface area contributed by atoms with Gasteiger partial charge in [0.15, 0.2) is 0 Å². The Balaban J connectivity index is 2.14. The van der Waals surface area contributed by atoms with E-state index in [2.05, 4.69) is 45.6 Å². The van der Waals surface area contributed by atoms with Crippen molar-refractivity contribution in [2.45, 2.75) is 20.3 Å². The lowest BCUT2D eigenvalue weighted by molar-refractivity contribution is 0.676. The summed E-state index contributed by atoms with van der Waals surface area (Å²) in [5.74, 6) is 7.28. The van der Waals surface area contributed by atoms with Crippen LogP contribution in [0.3, 0.4) is 0 Å². The molecule has 0 radical (unpaired) electrons. The molecule has 0 spiro atoms. The maximum Gasteiger partial charge on any atom is 0.220 e. The van der Waals surface area contributed by atoms with Crippen molar-refractivity contribution in [3.63, 3.8) is 0 Å². The lowest BCUT2D eigenvalue weighted by Gasteiger charge is -2.01. The van der Waals surface area contributed by atoms with Gasteiger partial charge in [-0.05, 0) is 18.1 Å². The number of nitrogens with two attached hydrogens (primary N) is 1. The molecule has 110 valence electrons. The Labute approximate surface area is 129 Å². The van der Waals surface area contributed by atoms with Gasteiger partial charge in [-0.3, -0.25) is 0 Å². The molecule has 5 nitrogen and oxygen atoms in total. The minimum Gasteiger partial charge on any atom is -0.368 e. The number of hydrogen-bond acceptors (Lipinski definition) is 4. The Kier molecular flexibility index (Phi) is 3.75. The topological polar surface area (TPSA) is 80.5 Å². The number of fused-ring (bicyclic) bond motifs is 1. The first-order chi connectivity index (χ1) is 10.6. The Morgan fingerprint density at radius 2 is 2.05 bits per heavy atom. The molecule has 0 aliphatic rings. The largest absolute Gasteiger partial charge is 0.368 e. The summed E-state index contributed by atoms with van der Waals surface area (Å²) in [5.41, 5.74) is 9.12. The van der Waals surface area contributed by atoms with Crippen molar-refractivity contribution in [2.75, 3.05) is 5.73 Å². The molecule has 0 saturated heterocycles. The van der Waals surface area contributed by atoms with Gasteiger partial charge in [0.1, 0.15) is 5.65 Å². The number of rotatable bonds is 2. The second-order valence-corrected chi connectivity index (χ2v) is 5.48. The first-order valence-corrected chi connectivity index (χ1v) is 7.19.